The first-order valence-electron chi connectivity index (χ1n) is 9.51. The molecule has 0 amide bonds. The summed E-state index contributed by atoms with van der Waals surface area (Å²) in [7, 11) is 0. The first kappa shape index (κ1) is 21.6. The van der Waals surface area contributed by atoms with Gasteiger partial charge in [0.1, 0.15) is 24.4 Å². The van der Waals surface area contributed by atoms with E-state index in [0.717, 1.165) is 19.3 Å². The van der Waals surface area contributed by atoms with Crippen LogP contribution in [-0.2, 0) is 9.47 Å². The Hall–Kier alpha value is -0.460. The van der Waals surface area contributed by atoms with Crippen LogP contribution in [0, 0.1) is 0 Å². The van der Waals surface area contributed by atoms with Crippen molar-refractivity contribution in [2.24, 2.45) is 0 Å². The summed E-state index contributed by atoms with van der Waals surface area (Å²) >= 11 is 0. The van der Waals surface area contributed by atoms with Crippen LogP contribution in [-0.4, -0.2) is 59.6 Å². The van der Waals surface area contributed by atoms with Crippen LogP contribution in [0.5, 0.6) is 0 Å². The van der Waals surface area contributed by atoms with Gasteiger partial charge in [-0.2, -0.15) is 0 Å². The van der Waals surface area contributed by atoms with Crippen molar-refractivity contribution in [1.29, 1.82) is 0 Å². The van der Waals surface area contributed by atoms with Crippen LogP contribution in [0.25, 0.3) is 0 Å². The van der Waals surface area contributed by atoms with Gasteiger partial charge in [-0.1, -0.05) is 51.0 Å². The minimum Gasteiger partial charge on any atom is -0.394 e. The number of aliphatic hydroxyl groups is 3. The summed E-state index contributed by atoms with van der Waals surface area (Å²) in [6.45, 7) is 4.06. The summed E-state index contributed by atoms with van der Waals surface area (Å²) in [5.74, 6) is 0. The van der Waals surface area contributed by atoms with E-state index >= 15 is 0 Å². The van der Waals surface area contributed by atoms with E-state index in [4.69, 9.17) is 14.6 Å². The Bertz CT molecular complexity index is 310. The number of rotatable bonds is 15. The van der Waals surface area contributed by atoms with Crippen molar-refractivity contribution in [3.05, 3.63) is 12.7 Å². The Balaban J connectivity index is 1.95. The van der Waals surface area contributed by atoms with Gasteiger partial charge in [-0.3, -0.25) is 0 Å². The van der Waals surface area contributed by atoms with E-state index in [1.165, 1.54) is 44.9 Å². The number of hydrogen-bond donors (Lipinski definition) is 3. The fourth-order valence-corrected chi connectivity index (χ4v) is 3.11. The highest BCUT2D eigenvalue weighted by atomic mass is 16.6. The zero-order valence-electron chi connectivity index (χ0n) is 14.9. The molecule has 1 rings (SSSR count). The zero-order valence-corrected chi connectivity index (χ0v) is 14.9. The summed E-state index contributed by atoms with van der Waals surface area (Å²) < 4.78 is 11.0. The summed E-state index contributed by atoms with van der Waals surface area (Å²) in [4.78, 5) is 0. The van der Waals surface area contributed by atoms with Crippen molar-refractivity contribution in [3.8, 4) is 0 Å². The molecule has 1 aliphatic heterocycles. The molecular formula is C19H36O5. The van der Waals surface area contributed by atoms with Gasteiger partial charge in [0, 0.05) is 6.61 Å². The number of allylic oxidation sites excluding steroid dienone is 1. The fourth-order valence-electron chi connectivity index (χ4n) is 3.11. The van der Waals surface area contributed by atoms with Gasteiger partial charge in [0.2, 0.25) is 0 Å². The predicted molar refractivity (Wildman–Crippen MR) is 94.9 cm³/mol. The largest absolute Gasteiger partial charge is 0.394 e. The molecule has 0 spiro atoms. The van der Waals surface area contributed by atoms with E-state index in [0.29, 0.717) is 6.61 Å². The van der Waals surface area contributed by atoms with Crippen LogP contribution in [0.15, 0.2) is 12.7 Å². The van der Waals surface area contributed by atoms with Crippen molar-refractivity contribution >= 4 is 0 Å². The molecule has 0 saturated carbocycles. The molecule has 24 heavy (non-hydrogen) atoms. The summed E-state index contributed by atoms with van der Waals surface area (Å²) in [6, 6.07) is 0. The first-order valence-corrected chi connectivity index (χ1v) is 9.51. The van der Waals surface area contributed by atoms with Gasteiger partial charge in [0.15, 0.2) is 0 Å². The highest BCUT2D eigenvalue weighted by molar-refractivity contribution is 4.89. The van der Waals surface area contributed by atoms with Crippen molar-refractivity contribution in [1.82, 2.24) is 0 Å². The molecule has 142 valence electrons. The third-order valence-corrected chi connectivity index (χ3v) is 4.59. The van der Waals surface area contributed by atoms with Gasteiger partial charge in [-0.05, 0) is 19.3 Å². The Morgan fingerprint density at radius 2 is 1.62 bits per heavy atom. The molecule has 0 aromatic rings. The van der Waals surface area contributed by atoms with E-state index in [9.17, 15) is 10.2 Å². The highest BCUT2D eigenvalue weighted by Crippen LogP contribution is 2.21. The summed E-state index contributed by atoms with van der Waals surface area (Å²) in [5, 5.41) is 28.5. The van der Waals surface area contributed by atoms with Crippen molar-refractivity contribution in [2.75, 3.05) is 19.8 Å². The Kier molecular flexibility index (Phi) is 12.4. The number of aliphatic hydroxyl groups excluding tert-OH is 3. The zero-order chi connectivity index (χ0) is 17.6. The monoisotopic (exact) mass is 344 g/mol. The molecule has 0 aromatic carbocycles. The van der Waals surface area contributed by atoms with Gasteiger partial charge in [0.25, 0.3) is 0 Å². The van der Waals surface area contributed by atoms with E-state index < -0.39 is 24.4 Å². The molecular weight excluding hydrogens is 308 g/mol. The van der Waals surface area contributed by atoms with Gasteiger partial charge >= 0.3 is 0 Å². The smallest absolute Gasteiger partial charge is 0.114 e. The lowest BCUT2D eigenvalue weighted by Crippen LogP contribution is -2.42. The fraction of sp³-hybridized carbons (Fsp3) is 0.895. The van der Waals surface area contributed by atoms with Crippen LogP contribution in [0.3, 0.4) is 0 Å². The highest BCUT2D eigenvalue weighted by Gasteiger charge is 2.40. The number of ether oxygens (including phenoxy) is 2. The molecule has 0 bridgehead atoms. The van der Waals surface area contributed by atoms with Gasteiger partial charge in [-0.25, -0.2) is 0 Å². The second kappa shape index (κ2) is 13.8. The molecule has 1 fully saturated rings. The number of unbranched alkanes of at least 4 members (excludes halogenated alkanes) is 9. The third-order valence-electron chi connectivity index (χ3n) is 4.59. The van der Waals surface area contributed by atoms with Crippen LogP contribution in [0.2, 0.25) is 0 Å². The Morgan fingerprint density at radius 3 is 2.21 bits per heavy atom. The maximum atomic E-state index is 9.83. The minimum atomic E-state index is -1.00. The van der Waals surface area contributed by atoms with Crippen LogP contribution in [0.1, 0.15) is 64.2 Å². The Labute approximate surface area is 146 Å². The van der Waals surface area contributed by atoms with Crippen molar-refractivity contribution in [3.63, 3.8) is 0 Å². The topological polar surface area (TPSA) is 79.2 Å². The maximum absolute atomic E-state index is 9.83. The molecule has 1 saturated heterocycles. The molecule has 0 aliphatic carbocycles. The molecule has 4 atom stereocenters. The molecule has 1 aliphatic rings. The lowest BCUT2D eigenvalue weighted by molar-refractivity contribution is -0.0938. The quantitative estimate of drug-likeness (QED) is 0.314. The molecule has 5 heteroatoms. The molecule has 1 heterocycles. The van der Waals surface area contributed by atoms with Crippen molar-refractivity contribution in [2.45, 2.75) is 88.6 Å². The molecule has 0 aromatic heterocycles. The lowest BCUT2D eigenvalue weighted by Gasteiger charge is -2.23. The second-order valence-corrected chi connectivity index (χ2v) is 6.71. The molecule has 3 N–H and O–H groups in total. The SMILES string of the molecule is C=CCCCCCCCCCCCO[C@@H]1[C@H]([C@@H](O)CO)OC[C@H]1O. The first-order chi connectivity index (χ1) is 11.7. The van der Waals surface area contributed by atoms with Crippen molar-refractivity contribution < 1.29 is 24.8 Å². The van der Waals surface area contributed by atoms with E-state index in [1.54, 1.807) is 0 Å². The van der Waals surface area contributed by atoms with Gasteiger partial charge in [-0.15, -0.1) is 6.58 Å². The molecule has 0 radical (unpaired) electrons. The second-order valence-electron chi connectivity index (χ2n) is 6.71. The molecule has 5 nitrogen and oxygen atoms in total. The van der Waals surface area contributed by atoms with Gasteiger partial charge in [0.05, 0.1) is 13.2 Å². The standard InChI is InChI=1S/C19H36O5/c1-2-3-4-5-6-7-8-9-10-11-12-13-23-19-17(22)15-24-18(19)16(21)14-20/h2,16-22H,1,3-15H2/t16-,17+,18-,19-/m0/s1. The summed E-state index contributed by atoms with van der Waals surface area (Å²) in [5.41, 5.74) is 0. The van der Waals surface area contributed by atoms with E-state index in [2.05, 4.69) is 6.58 Å². The summed E-state index contributed by atoms with van der Waals surface area (Å²) in [6.07, 6.45) is 11.3. The number of hydrogen-bond acceptors (Lipinski definition) is 5. The van der Waals surface area contributed by atoms with Crippen LogP contribution < -0.4 is 0 Å². The van der Waals surface area contributed by atoms with Crippen LogP contribution in [0.4, 0.5) is 0 Å². The normalized spacial score (nSPS) is 25.0. The average Bonchev–Trinajstić information content (AvgIpc) is 2.96. The lowest BCUT2D eigenvalue weighted by atomic mass is 10.1. The minimum absolute atomic E-state index is 0.152. The third kappa shape index (κ3) is 8.58. The maximum Gasteiger partial charge on any atom is 0.114 e. The van der Waals surface area contributed by atoms with E-state index in [-0.39, 0.29) is 13.2 Å². The Morgan fingerprint density at radius 1 is 1.04 bits per heavy atom. The predicted octanol–water partition coefficient (Wildman–Crippen LogP) is 2.57. The van der Waals surface area contributed by atoms with Gasteiger partial charge < -0.3 is 24.8 Å². The van der Waals surface area contributed by atoms with Crippen LogP contribution >= 0.6 is 0 Å². The average molecular weight is 344 g/mol. The van der Waals surface area contributed by atoms with E-state index in [1.807, 2.05) is 6.08 Å². The molecule has 0 unspecified atom stereocenters.